The number of nitrogens with one attached hydrogen (secondary N) is 1. The van der Waals surface area contributed by atoms with Gasteiger partial charge in [0.05, 0.1) is 11.4 Å². The van der Waals surface area contributed by atoms with Gasteiger partial charge in [0.1, 0.15) is 0 Å². The van der Waals surface area contributed by atoms with Crippen LogP contribution in [0.2, 0.25) is 0 Å². The molecular weight excluding hydrogens is 220 g/mol. The summed E-state index contributed by atoms with van der Waals surface area (Å²) in [6.45, 7) is 6.33. The number of nitrogen functional groups attached to an aromatic ring is 1. The molecule has 0 radical (unpaired) electrons. The maximum Gasteiger partial charge on any atom is 0.0620 e. The van der Waals surface area contributed by atoms with Crippen LogP contribution < -0.4 is 11.1 Å². The van der Waals surface area contributed by atoms with E-state index in [1.54, 1.807) is 0 Å². The number of hydrogen-bond acceptors (Lipinski definition) is 2. The fraction of sp³-hybridized carbons (Fsp3) is 0.250. The van der Waals surface area contributed by atoms with E-state index in [1.165, 1.54) is 16.7 Å². The van der Waals surface area contributed by atoms with Crippen LogP contribution in [0.4, 0.5) is 17.1 Å². The molecule has 2 rings (SSSR count). The third-order valence-electron chi connectivity index (χ3n) is 3.31. The van der Waals surface area contributed by atoms with Crippen LogP contribution in [0.15, 0.2) is 36.4 Å². The van der Waals surface area contributed by atoms with Gasteiger partial charge in [0.2, 0.25) is 0 Å². The van der Waals surface area contributed by atoms with Crippen LogP contribution in [-0.4, -0.2) is 0 Å². The first kappa shape index (κ1) is 12.5. The molecule has 0 unspecified atom stereocenters. The first-order chi connectivity index (χ1) is 8.60. The van der Waals surface area contributed by atoms with E-state index in [-0.39, 0.29) is 0 Å². The molecule has 94 valence electrons. The summed E-state index contributed by atoms with van der Waals surface area (Å²) < 4.78 is 0. The Hall–Kier alpha value is -1.96. The number of benzene rings is 2. The van der Waals surface area contributed by atoms with Crippen LogP contribution >= 0.6 is 0 Å². The normalized spacial score (nSPS) is 10.4. The van der Waals surface area contributed by atoms with Crippen molar-refractivity contribution >= 4 is 17.1 Å². The molecule has 18 heavy (non-hydrogen) atoms. The Morgan fingerprint density at radius 3 is 2.22 bits per heavy atom. The summed E-state index contributed by atoms with van der Waals surface area (Å²) in [4.78, 5) is 0. The smallest absolute Gasteiger partial charge is 0.0620 e. The van der Waals surface area contributed by atoms with Crippen molar-refractivity contribution < 1.29 is 0 Å². The summed E-state index contributed by atoms with van der Waals surface area (Å²) in [5.74, 6) is 0. The van der Waals surface area contributed by atoms with Gasteiger partial charge < -0.3 is 11.1 Å². The summed E-state index contributed by atoms with van der Waals surface area (Å²) in [6, 6.07) is 12.6. The maximum atomic E-state index is 6.03. The minimum absolute atomic E-state index is 0.790. The van der Waals surface area contributed by atoms with Crippen LogP contribution in [0.25, 0.3) is 0 Å². The lowest BCUT2D eigenvalue weighted by Crippen LogP contribution is -1.98. The van der Waals surface area contributed by atoms with Crippen LogP contribution in [0, 0.1) is 13.8 Å². The van der Waals surface area contributed by atoms with E-state index in [9.17, 15) is 0 Å². The Kier molecular flexibility index (Phi) is 3.56. The molecule has 2 aromatic rings. The summed E-state index contributed by atoms with van der Waals surface area (Å²) in [6.07, 6.45) is 1.06. The van der Waals surface area contributed by atoms with E-state index in [4.69, 9.17) is 5.73 Å². The van der Waals surface area contributed by atoms with Crippen molar-refractivity contribution in [2.45, 2.75) is 27.2 Å². The van der Waals surface area contributed by atoms with Gasteiger partial charge in [-0.2, -0.15) is 0 Å². The number of rotatable bonds is 3. The lowest BCUT2D eigenvalue weighted by Gasteiger charge is -2.12. The van der Waals surface area contributed by atoms with Crippen molar-refractivity contribution in [3.63, 3.8) is 0 Å². The van der Waals surface area contributed by atoms with Gasteiger partial charge in [-0.15, -0.1) is 0 Å². The predicted molar refractivity (Wildman–Crippen MR) is 79.4 cm³/mol. The van der Waals surface area contributed by atoms with Crippen molar-refractivity contribution in [1.29, 1.82) is 0 Å². The van der Waals surface area contributed by atoms with Crippen LogP contribution in [-0.2, 0) is 6.42 Å². The molecule has 0 fully saturated rings. The molecule has 2 nitrogen and oxygen atoms in total. The zero-order valence-electron chi connectivity index (χ0n) is 11.2. The number of hydrogen-bond donors (Lipinski definition) is 2. The molecule has 2 aromatic carbocycles. The molecule has 0 aliphatic rings. The molecule has 0 aromatic heterocycles. The largest absolute Gasteiger partial charge is 0.397 e. The second kappa shape index (κ2) is 5.13. The SMILES string of the molecule is CCc1ccc(Nc2cc(C)c(C)cc2N)cc1. The van der Waals surface area contributed by atoms with Gasteiger partial charge in [0.25, 0.3) is 0 Å². The highest BCUT2D eigenvalue weighted by molar-refractivity contribution is 5.74. The third kappa shape index (κ3) is 2.65. The van der Waals surface area contributed by atoms with Gasteiger partial charge in [-0.3, -0.25) is 0 Å². The first-order valence-electron chi connectivity index (χ1n) is 6.33. The highest BCUT2D eigenvalue weighted by Gasteiger charge is 2.03. The summed E-state index contributed by atoms with van der Waals surface area (Å²) in [7, 11) is 0. The van der Waals surface area contributed by atoms with Crippen molar-refractivity contribution in [3.05, 3.63) is 53.1 Å². The van der Waals surface area contributed by atoms with E-state index >= 15 is 0 Å². The predicted octanol–water partition coefficient (Wildman–Crippen LogP) is 4.19. The van der Waals surface area contributed by atoms with Crippen molar-refractivity contribution in [3.8, 4) is 0 Å². The van der Waals surface area contributed by atoms with E-state index in [1.807, 2.05) is 6.07 Å². The Balaban J connectivity index is 2.25. The monoisotopic (exact) mass is 240 g/mol. The molecule has 2 heteroatoms. The van der Waals surface area contributed by atoms with Crippen LogP contribution in [0.1, 0.15) is 23.6 Å². The van der Waals surface area contributed by atoms with Gasteiger partial charge in [-0.05, 0) is 61.2 Å². The molecule has 0 bridgehead atoms. The fourth-order valence-electron chi connectivity index (χ4n) is 1.93. The Labute approximate surface area is 109 Å². The standard InChI is InChI=1S/C16H20N2/c1-4-13-5-7-14(8-6-13)18-16-10-12(3)11(2)9-15(16)17/h5-10,18H,4,17H2,1-3H3. The second-order valence-electron chi connectivity index (χ2n) is 4.70. The van der Waals surface area contributed by atoms with Gasteiger partial charge in [-0.25, -0.2) is 0 Å². The van der Waals surface area contributed by atoms with Crippen LogP contribution in [0.3, 0.4) is 0 Å². The zero-order chi connectivity index (χ0) is 13.1. The Morgan fingerprint density at radius 1 is 1.00 bits per heavy atom. The lowest BCUT2D eigenvalue weighted by atomic mass is 10.1. The quantitative estimate of drug-likeness (QED) is 0.789. The van der Waals surface area contributed by atoms with E-state index in [0.29, 0.717) is 0 Å². The highest BCUT2D eigenvalue weighted by atomic mass is 14.9. The zero-order valence-corrected chi connectivity index (χ0v) is 11.2. The number of nitrogens with two attached hydrogens (primary N) is 1. The molecule has 3 N–H and O–H groups in total. The summed E-state index contributed by atoms with van der Waals surface area (Å²) >= 11 is 0. The van der Waals surface area contributed by atoms with Gasteiger partial charge in [0.15, 0.2) is 0 Å². The number of aryl methyl sites for hydroxylation is 3. The highest BCUT2D eigenvalue weighted by Crippen LogP contribution is 2.26. The summed E-state index contributed by atoms with van der Waals surface area (Å²) in [5.41, 5.74) is 12.7. The van der Waals surface area contributed by atoms with E-state index in [0.717, 1.165) is 23.5 Å². The van der Waals surface area contributed by atoms with E-state index in [2.05, 4.69) is 56.4 Å². The van der Waals surface area contributed by atoms with Gasteiger partial charge >= 0.3 is 0 Å². The van der Waals surface area contributed by atoms with Crippen molar-refractivity contribution in [2.24, 2.45) is 0 Å². The molecule has 0 heterocycles. The van der Waals surface area contributed by atoms with Gasteiger partial charge in [-0.1, -0.05) is 19.1 Å². The minimum atomic E-state index is 0.790. The van der Waals surface area contributed by atoms with Gasteiger partial charge in [0, 0.05) is 5.69 Å². The van der Waals surface area contributed by atoms with Crippen LogP contribution in [0.5, 0.6) is 0 Å². The molecule has 0 amide bonds. The average Bonchev–Trinajstić information content (AvgIpc) is 2.37. The molecule has 0 spiro atoms. The average molecular weight is 240 g/mol. The summed E-state index contributed by atoms with van der Waals surface area (Å²) in [5, 5.41) is 3.37. The molecule has 0 saturated heterocycles. The minimum Gasteiger partial charge on any atom is -0.397 e. The Morgan fingerprint density at radius 2 is 1.61 bits per heavy atom. The topological polar surface area (TPSA) is 38.0 Å². The Bertz CT molecular complexity index is 542. The second-order valence-corrected chi connectivity index (χ2v) is 4.70. The maximum absolute atomic E-state index is 6.03. The molecule has 0 aliphatic carbocycles. The first-order valence-corrected chi connectivity index (χ1v) is 6.33. The van der Waals surface area contributed by atoms with E-state index < -0.39 is 0 Å². The molecule has 0 saturated carbocycles. The number of anilines is 3. The third-order valence-corrected chi connectivity index (χ3v) is 3.31. The molecule has 0 aliphatic heterocycles. The molecular formula is C16H20N2. The van der Waals surface area contributed by atoms with Crippen molar-refractivity contribution in [2.75, 3.05) is 11.1 Å². The van der Waals surface area contributed by atoms with Crippen molar-refractivity contribution in [1.82, 2.24) is 0 Å². The molecule has 0 atom stereocenters. The lowest BCUT2D eigenvalue weighted by molar-refractivity contribution is 1.14. The fourth-order valence-corrected chi connectivity index (χ4v) is 1.93.